The number of halogens is 3. The normalized spacial score (nSPS) is 10.9. The first kappa shape index (κ1) is 9.76. The molecule has 0 amide bonds. The molecule has 0 N–H and O–H groups in total. The van der Waals surface area contributed by atoms with Crippen molar-refractivity contribution in [1.82, 2.24) is 9.78 Å². The second-order valence-electron chi connectivity index (χ2n) is 2.94. The fraction of sp³-hybridized carbons (Fsp3) is 0.100. The Hall–Kier alpha value is -1.78. The molecule has 0 fully saturated rings. The maximum absolute atomic E-state index is 13.2. The molecule has 0 aliphatic carbocycles. The average molecular weight is 212 g/mol. The first-order valence-electron chi connectivity index (χ1n) is 4.27. The van der Waals surface area contributed by atoms with Crippen LogP contribution in [0, 0.1) is 5.82 Å². The van der Waals surface area contributed by atoms with Gasteiger partial charge in [-0.15, -0.1) is 0 Å². The summed E-state index contributed by atoms with van der Waals surface area (Å²) in [5.74, 6) is -0.499. The predicted octanol–water partition coefficient (Wildman–Crippen LogP) is 2.95. The number of aromatic nitrogens is 2. The monoisotopic (exact) mass is 212 g/mol. The molecular formula is C10H7F3N2. The van der Waals surface area contributed by atoms with E-state index in [0.29, 0.717) is 0 Å². The van der Waals surface area contributed by atoms with Crippen molar-refractivity contribution in [3.8, 4) is 5.69 Å². The number of nitrogens with zero attached hydrogens (tertiary/aromatic N) is 2. The lowest BCUT2D eigenvalue weighted by Crippen LogP contribution is -1.99. The minimum absolute atomic E-state index is 0.157. The van der Waals surface area contributed by atoms with Gasteiger partial charge in [-0.25, -0.2) is 17.9 Å². The molecule has 0 aliphatic rings. The topological polar surface area (TPSA) is 17.8 Å². The van der Waals surface area contributed by atoms with Gasteiger partial charge in [0.05, 0.1) is 0 Å². The summed E-state index contributed by atoms with van der Waals surface area (Å²) in [4.78, 5) is 0. The Morgan fingerprint density at radius 3 is 2.47 bits per heavy atom. The maximum atomic E-state index is 13.2. The van der Waals surface area contributed by atoms with Gasteiger partial charge in [0.25, 0.3) is 6.43 Å². The van der Waals surface area contributed by atoms with Crippen LogP contribution in [-0.2, 0) is 0 Å². The molecule has 15 heavy (non-hydrogen) atoms. The lowest BCUT2D eigenvalue weighted by Gasteiger charge is -2.01. The van der Waals surface area contributed by atoms with Crippen molar-refractivity contribution in [2.45, 2.75) is 6.43 Å². The zero-order valence-electron chi connectivity index (χ0n) is 7.57. The van der Waals surface area contributed by atoms with Crippen LogP contribution in [0.1, 0.15) is 12.1 Å². The van der Waals surface area contributed by atoms with E-state index >= 15 is 0 Å². The summed E-state index contributed by atoms with van der Waals surface area (Å²) in [6, 6.07) is 7.02. The molecule has 0 saturated heterocycles. The fourth-order valence-electron chi connectivity index (χ4n) is 1.23. The van der Waals surface area contributed by atoms with Crippen LogP contribution in [0.3, 0.4) is 0 Å². The van der Waals surface area contributed by atoms with Crippen molar-refractivity contribution < 1.29 is 13.2 Å². The largest absolute Gasteiger partial charge is 0.282 e. The molecule has 0 atom stereocenters. The number of hydrogen-bond acceptors (Lipinski definition) is 1. The average Bonchev–Trinajstić information content (AvgIpc) is 2.67. The van der Waals surface area contributed by atoms with Crippen LogP contribution < -0.4 is 0 Å². The van der Waals surface area contributed by atoms with Gasteiger partial charge < -0.3 is 0 Å². The second-order valence-corrected chi connectivity index (χ2v) is 2.94. The highest BCUT2D eigenvalue weighted by Crippen LogP contribution is 2.18. The lowest BCUT2D eigenvalue weighted by molar-refractivity contribution is 0.145. The third kappa shape index (κ3) is 1.86. The molecule has 2 aromatic rings. The van der Waals surface area contributed by atoms with Crippen molar-refractivity contribution in [2.24, 2.45) is 0 Å². The first-order valence-corrected chi connectivity index (χ1v) is 4.27. The molecule has 0 spiro atoms. The van der Waals surface area contributed by atoms with E-state index in [1.165, 1.54) is 24.4 Å². The van der Waals surface area contributed by atoms with Crippen LogP contribution in [0.2, 0.25) is 0 Å². The van der Waals surface area contributed by atoms with Gasteiger partial charge in [-0.05, 0) is 18.2 Å². The molecule has 0 unspecified atom stereocenters. The summed E-state index contributed by atoms with van der Waals surface area (Å²) in [7, 11) is 0. The van der Waals surface area contributed by atoms with E-state index in [1.807, 2.05) is 0 Å². The summed E-state index contributed by atoms with van der Waals surface area (Å²) in [5.41, 5.74) is -0.206. The Morgan fingerprint density at radius 1 is 1.13 bits per heavy atom. The van der Waals surface area contributed by atoms with E-state index in [1.54, 1.807) is 6.07 Å². The lowest BCUT2D eigenvalue weighted by atomic mass is 10.3. The van der Waals surface area contributed by atoms with Crippen LogP contribution in [0.4, 0.5) is 13.2 Å². The highest BCUT2D eigenvalue weighted by atomic mass is 19.3. The van der Waals surface area contributed by atoms with Gasteiger partial charge in [-0.1, -0.05) is 12.1 Å². The molecule has 2 rings (SSSR count). The van der Waals surface area contributed by atoms with E-state index in [2.05, 4.69) is 5.10 Å². The van der Waals surface area contributed by atoms with E-state index in [4.69, 9.17) is 0 Å². The summed E-state index contributed by atoms with van der Waals surface area (Å²) in [5, 5.41) is 3.57. The molecule has 2 nitrogen and oxygen atoms in total. The molecule has 0 radical (unpaired) electrons. The Bertz CT molecular complexity index is 465. The van der Waals surface area contributed by atoms with Crippen LogP contribution in [0.25, 0.3) is 5.69 Å². The van der Waals surface area contributed by atoms with E-state index in [9.17, 15) is 13.2 Å². The van der Waals surface area contributed by atoms with Crippen LogP contribution >= 0.6 is 0 Å². The van der Waals surface area contributed by atoms with Gasteiger partial charge in [-0.2, -0.15) is 5.10 Å². The van der Waals surface area contributed by atoms with Crippen molar-refractivity contribution in [1.29, 1.82) is 0 Å². The highest BCUT2D eigenvalue weighted by molar-refractivity contribution is 5.32. The van der Waals surface area contributed by atoms with Gasteiger partial charge in [0, 0.05) is 6.20 Å². The zero-order chi connectivity index (χ0) is 10.8. The van der Waals surface area contributed by atoms with Crippen molar-refractivity contribution in [2.75, 3.05) is 0 Å². The van der Waals surface area contributed by atoms with E-state index in [-0.39, 0.29) is 11.4 Å². The van der Waals surface area contributed by atoms with Crippen LogP contribution in [0.15, 0.2) is 36.5 Å². The Labute approximate surface area is 84.0 Å². The van der Waals surface area contributed by atoms with Crippen molar-refractivity contribution in [3.63, 3.8) is 0 Å². The predicted molar refractivity (Wildman–Crippen MR) is 48.5 cm³/mol. The third-order valence-electron chi connectivity index (χ3n) is 1.93. The number of alkyl halides is 2. The second kappa shape index (κ2) is 3.76. The quantitative estimate of drug-likeness (QED) is 0.748. The molecule has 1 aromatic carbocycles. The molecule has 0 bridgehead atoms. The smallest absolute Gasteiger partial charge is 0.238 e. The minimum atomic E-state index is -2.64. The van der Waals surface area contributed by atoms with Gasteiger partial charge in [0.15, 0.2) is 0 Å². The minimum Gasteiger partial charge on any atom is -0.238 e. The molecule has 78 valence electrons. The molecule has 5 heteroatoms. The SMILES string of the molecule is Fc1ccccc1-n1ccc(C(F)F)n1. The molecular weight excluding hydrogens is 205 g/mol. The van der Waals surface area contributed by atoms with Crippen molar-refractivity contribution in [3.05, 3.63) is 48.0 Å². The molecule has 0 aliphatic heterocycles. The summed E-state index contributed by atoms with van der Waals surface area (Å²) in [6.45, 7) is 0. The number of rotatable bonds is 2. The van der Waals surface area contributed by atoms with Gasteiger partial charge in [0.2, 0.25) is 0 Å². The number of benzene rings is 1. The Balaban J connectivity index is 2.42. The first-order chi connectivity index (χ1) is 7.18. The number of para-hydroxylation sites is 1. The summed E-state index contributed by atoms with van der Waals surface area (Å²) < 4.78 is 38.8. The molecule has 0 saturated carbocycles. The van der Waals surface area contributed by atoms with E-state index < -0.39 is 12.2 Å². The summed E-state index contributed by atoms with van der Waals surface area (Å²) in [6.07, 6.45) is -1.34. The Kier molecular flexibility index (Phi) is 2.45. The molecule has 1 aromatic heterocycles. The Morgan fingerprint density at radius 2 is 1.87 bits per heavy atom. The maximum Gasteiger partial charge on any atom is 0.282 e. The molecule has 1 heterocycles. The van der Waals surface area contributed by atoms with Gasteiger partial charge in [-0.3, -0.25) is 0 Å². The van der Waals surface area contributed by atoms with Crippen LogP contribution in [0.5, 0.6) is 0 Å². The van der Waals surface area contributed by atoms with Gasteiger partial charge in [0.1, 0.15) is 17.2 Å². The van der Waals surface area contributed by atoms with E-state index in [0.717, 1.165) is 10.7 Å². The highest BCUT2D eigenvalue weighted by Gasteiger charge is 2.12. The number of hydrogen-bond donors (Lipinski definition) is 0. The van der Waals surface area contributed by atoms with Gasteiger partial charge >= 0.3 is 0 Å². The van der Waals surface area contributed by atoms with Crippen molar-refractivity contribution >= 4 is 0 Å². The third-order valence-corrected chi connectivity index (χ3v) is 1.93. The standard InChI is InChI=1S/C10H7F3N2/c11-7-3-1-2-4-9(7)15-6-5-8(14-15)10(12)13/h1-6,10H. The fourth-order valence-corrected chi connectivity index (χ4v) is 1.23. The van der Waals surface area contributed by atoms with Crippen LogP contribution in [-0.4, -0.2) is 9.78 Å². The summed E-state index contributed by atoms with van der Waals surface area (Å²) >= 11 is 0. The zero-order valence-corrected chi connectivity index (χ0v) is 7.57.